The lowest BCUT2D eigenvalue weighted by Gasteiger charge is -2.48. The predicted molar refractivity (Wildman–Crippen MR) is 79.3 cm³/mol. The van der Waals surface area contributed by atoms with E-state index >= 15 is 0 Å². The van der Waals surface area contributed by atoms with Crippen molar-refractivity contribution in [1.82, 2.24) is 0 Å². The maximum absolute atomic E-state index is 11.9. The van der Waals surface area contributed by atoms with Crippen LogP contribution in [0.25, 0.3) is 0 Å². The molecule has 2 amide bonds. The van der Waals surface area contributed by atoms with E-state index in [0.29, 0.717) is 5.92 Å². The summed E-state index contributed by atoms with van der Waals surface area (Å²) in [6.07, 6.45) is 4.56. The van der Waals surface area contributed by atoms with E-state index < -0.39 is 0 Å². The molecule has 1 aliphatic rings. The Hall–Kier alpha value is -1.51. The molecule has 1 heterocycles. The molecule has 1 atom stereocenters. The number of anilines is 1. The first kappa shape index (κ1) is 13.9. The number of benzene rings is 1. The minimum atomic E-state index is -0.348. The Kier molecular flexibility index (Phi) is 3.83. The Bertz CT molecular complexity index is 468. The van der Waals surface area contributed by atoms with Crippen molar-refractivity contribution in [2.45, 2.75) is 52.0 Å². The molecular formula is C16H24N2O. The summed E-state index contributed by atoms with van der Waals surface area (Å²) in [5.41, 5.74) is 7.64. The zero-order valence-electron chi connectivity index (χ0n) is 12.1. The fourth-order valence-electron chi connectivity index (χ4n) is 3.22. The van der Waals surface area contributed by atoms with Gasteiger partial charge in [-0.2, -0.15) is 0 Å². The predicted octanol–water partition coefficient (Wildman–Crippen LogP) is 3.71. The number of para-hydroxylation sites is 1. The van der Waals surface area contributed by atoms with Gasteiger partial charge in [-0.25, -0.2) is 4.79 Å². The van der Waals surface area contributed by atoms with E-state index in [1.54, 1.807) is 4.90 Å². The molecule has 0 aliphatic carbocycles. The standard InChI is InChI=1S/C16H24N2O/c1-4-5-9-13-11-12-8-6-7-10-14(12)18(15(17)19)16(13,2)3/h6-8,10,13H,4-5,9,11H2,1-3H3,(H2,17,19). The van der Waals surface area contributed by atoms with Gasteiger partial charge in [0.1, 0.15) is 0 Å². The number of primary amides is 1. The lowest BCUT2D eigenvalue weighted by atomic mass is 9.74. The highest BCUT2D eigenvalue weighted by molar-refractivity contribution is 5.93. The quantitative estimate of drug-likeness (QED) is 0.884. The molecule has 1 aromatic carbocycles. The van der Waals surface area contributed by atoms with Gasteiger partial charge in [0, 0.05) is 11.2 Å². The Morgan fingerprint density at radius 2 is 2.11 bits per heavy atom. The van der Waals surface area contributed by atoms with Crippen molar-refractivity contribution < 1.29 is 4.79 Å². The molecule has 0 radical (unpaired) electrons. The van der Waals surface area contributed by atoms with Crippen molar-refractivity contribution in [3.63, 3.8) is 0 Å². The minimum absolute atomic E-state index is 0.213. The van der Waals surface area contributed by atoms with Crippen molar-refractivity contribution >= 4 is 11.7 Å². The molecule has 1 unspecified atom stereocenters. The summed E-state index contributed by atoms with van der Waals surface area (Å²) >= 11 is 0. The highest BCUT2D eigenvalue weighted by atomic mass is 16.2. The fourth-order valence-corrected chi connectivity index (χ4v) is 3.22. The third kappa shape index (κ3) is 2.46. The molecule has 2 N–H and O–H groups in total. The average molecular weight is 260 g/mol. The number of hydrogen-bond acceptors (Lipinski definition) is 1. The average Bonchev–Trinajstić information content (AvgIpc) is 2.34. The van der Waals surface area contributed by atoms with Gasteiger partial charge in [-0.15, -0.1) is 0 Å². The van der Waals surface area contributed by atoms with E-state index in [1.807, 2.05) is 18.2 Å². The third-order valence-corrected chi connectivity index (χ3v) is 4.40. The summed E-state index contributed by atoms with van der Waals surface area (Å²) in [5, 5.41) is 0. The van der Waals surface area contributed by atoms with Crippen molar-refractivity contribution in [2.24, 2.45) is 11.7 Å². The monoisotopic (exact) mass is 260 g/mol. The zero-order valence-corrected chi connectivity index (χ0v) is 12.1. The van der Waals surface area contributed by atoms with Crippen molar-refractivity contribution in [3.8, 4) is 0 Å². The normalized spacial score (nSPS) is 21.0. The van der Waals surface area contributed by atoms with Gasteiger partial charge in [0.2, 0.25) is 0 Å². The van der Waals surface area contributed by atoms with Gasteiger partial charge in [-0.05, 0) is 44.2 Å². The Labute approximate surface area is 115 Å². The highest BCUT2D eigenvalue weighted by Gasteiger charge is 2.42. The van der Waals surface area contributed by atoms with Crippen LogP contribution in [0.1, 0.15) is 45.6 Å². The van der Waals surface area contributed by atoms with E-state index in [9.17, 15) is 4.79 Å². The molecule has 0 saturated carbocycles. The van der Waals surface area contributed by atoms with Gasteiger partial charge >= 0.3 is 6.03 Å². The number of amides is 2. The molecule has 3 heteroatoms. The maximum Gasteiger partial charge on any atom is 0.319 e. The lowest BCUT2D eigenvalue weighted by Crippen LogP contribution is -2.57. The topological polar surface area (TPSA) is 46.3 Å². The summed E-state index contributed by atoms with van der Waals surface area (Å²) in [4.78, 5) is 13.7. The maximum atomic E-state index is 11.9. The number of unbranched alkanes of at least 4 members (excludes halogenated alkanes) is 1. The van der Waals surface area contributed by atoms with Crippen LogP contribution < -0.4 is 10.6 Å². The van der Waals surface area contributed by atoms with E-state index in [-0.39, 0.29) is 11.6 Å². The van der Waals surface area contributed by atoms with Gasteiger partial charge in [-0.3, -0.25) is 4.90 Å². The minimum Gasteiger partial charge on any atom is -0.351 e. The second-order valence-electron chi connectivity index (χ2n) is 6.00. The molecule has 1 aromatic rings. The van der Waals surface area contributed by atoms with Crippen molar-refractivity contribution in [3.05, 3.63) is 29.8 Å². The molecule has 3 nitrogen and oxygen atoms in total. The molecule has 104 valence electrons. The SMILES string of the molecule is CCCCC1Cc2ccccc2N(C(N)=O)C1(C)C. The first-order chi connectivity index (χ1) is 8.98. The van der Waals surface area contributed by atoms with Crippen LogP contribution in [0.4, 0.5) is 10.5 Å². The molecule has 0 aromatic heterocycles. The smallest absolute Gasteiger partial charge is 0.319 e. The van der Waals surface area contributed by atoms with E-state index in [4.69, 9.17) is 5.73 Å². The van der Waals surface area contributed by atoms with Crippen LogP contribution in [0.3, 0.4) is 0 Å². The van der Waals surface area contributed by atoms with Crippen LogP contribution in [-0.2, 0) is 6.42 Å². The van der Waals surface area contributed by atoms with Gasteiger partial charge in [-0.1, -0.05) is 38.0 Å². The van der Waals surface area contributed by atoms with Crippen LogP contribution in [0, 0.1) is 5.92 Å². The summed E-state index contributed by atoms with van der Waals surface area (Å²) in [5.74, 6) is 0.467. The number of hydrogen-bond donors (Lipinski definition) is 1. The van der Waals surface area contributed by atoms with Gasteiger partial charge in [0.25, 0.3) is 0 Å². The van der Waals surface area contributed by atoms with Crippen LogP contribution in [0.5, 0.6) is 0 Å². The number of rotatable bonds is 3. The molecule has 19 heavy (non-hydrogen) atoms. The van der Waals surface area contributed by atoms with Gasteiger partial charge < -0.3 is 5.73 Å². The number of urea groups is 1. The molecule has 0 saturated heterocycles. The highest BCUT2D eigenvalue weighted by Crippen LogP contribution is 2.42. The van der Waals surface area contributed by atoms with Crippen LogP contribution in [-0.4, -0.2) is 11.6 Å². The molecule has 0 bridgehead atoms. The molecule has 1 aliphatic heterocycles. The second-order valence-corrected chi connectivity index (χ2v) is 6.00. The zero-order chi connectivity index (χ0) is 14.0. The largest absolute Gasteiger partial charge is 0.351 e. The van der Waals surface area contributed by atoms with Crippen LogP contribution in [0.2, 0.25) is 0 Å². The molecule has 0 spiro atoms. The molecular weight excluding hydrogens is 236 g/mol. The number of nitrogens with zero attached hydrogens (tertiary/aromatic N) is 1. The fraction of sp³-hybridized carbons (Fsp3) is 0.562. The Morgan fingerprint density at radius 3 is 2.74 bits per heavy atom. The van der Waals surface area contributed by atoms with E-state index in [0.717, 1.165) is 18.5 Å². The number of nitrogens with two attached hydrogens (primary N) is 1. The Balaban J connectivity index is 2.42. The number of carbonyl (C=O) groups is 1. The first-order valence-corrected chi connectivity index (χ1v) is 7.16. The summed E-state index contributed by atoms with van der Waals surface area (Å²) in [6.45, 7) is 6.47. The third-order valence-electron chi connectivity index (χ3n) is 4.40. The summed E-state index contributed by atoms with van der Waals surface area (Å²) in [6, 6.07) is 7.76. The molecule has 0 fully saturated rings. The van der Waals surface area contributed by atoms with Crippen molar-refractivity contribution in [1.29, 1.82) is 0 Å². The number of carbonyl (C=O) groups excluding carboxylic acids is 1. The van der Waals surface area contributed by atoms with E-state index in [1.165, 1.54) is 18.4 Å². The second kappa shape index (κ2) is 5.24. The Morgan fingerprint density at radius 1 is 1.42 bits per heavy atom. The van der Waals surface area contributed by atoms with Gasteiger partial charge in [0.05, 0.1) is 0 Å². The first-order valence-electron chi connectivity index (χ1n) is 7.16. The lowest BCUT2D eigenvalue weighted by molar-refractivity contribution is 0.225. The van der Waals surface area contributed by atoms with Crippen LogP contribution >= 0.6 is 0 Å². The number of fused-ring (bicyclic) bond motifs is 1. The summed E-state index contributed by atoms with van der Waals surface area (Å²) < 4.78 is 0. The van der Waals surface area contributed by atoms with Crippen LogP contribution in [0.15, 0.2) is 24.3 Å². The summed E-state index contributed by atoms with van der Waals surface area (Å²) in [7, 11) is 0. The van der Waals surface area contributed by atoms with Crippen molar-refractivity contribution in [2.75, 3.05) is 4.90 Å². The molecule has 2 rings (SSSR count). The van der Waals surface area contributed by atoms with E-state index in [2.05, 4.69) is 26.8 Å². The van der Waals surface area contributed by atoms with Gasteiger partial charge in [0.15, 0.2) is 0 Å².